The number of likely N-dealkylation sites (N-methyl/N-ethyl adjacent to an activating group) is 2. The van der Waals surface area contributed by atoms with Crippen LogP contribution in [0.15, 0.2) is 0 Å². The SMILES string of the molecule is CN(C)CCN(CC(=O)O)CC(CP(=O)(OCCCCCCCCCCCCCCCCCCO)OCC[N+](C)(C)C)N(CC(=O)O)CC(=O)O. The Kier molecular flexibility index (Phi) is 28.8. The molecule has 302 valence electrons. The fraction of sp³-hybridized carbons (Fsp3) is 0.917. The van der Waals surface area contributed by atoms with E-state index in [1.165, 1.54) is 69.1 Å². The van der Waals surface area contributed by atoms with Crippen molar-refractivity contribution in [3.05, 3.63) is 0 Å². The van der Waals surface area contributed by atoms with Crippen LogP contribution in [-0.4, -0.2) is 171 Å². The van der Waals surface area contributed by atoms with Gasteiger partial charge in [-0.3, -0.25) is 28.7 Å². The number of aliphatic hydroxyl groups excluding tert-OH is 1. The van der Waals surface area contributed by atoms with Crippen molar-refractivity contribution in [3.8, 4) is 0 Å². The fourth-order valence-electron chi connectivity index (χ4n) is 5.76. The van der Waals surface area contributed by atoms with Gasteiger partial charge in [-0.05, 0) is 26.9 Å². The highest BCUT2D eigenvalue weighted by Gasteiger charge is 2.36. The van der Waals surface area contributed by atoms with Crippen LogP contribution >= 0.6 is 7.60 Å². The Labute approximate surface area is 308 Å². The third-order valence-corrected chi connectivity index (χ3v) is 10.7. The number of carbonyl (C=O) groups is 3. The van der Waals surface area contributed by atoms with Crippen molar-refractivity contribution in [3.63, 3.8) is 0 Å². The number of hydrogen-bond donors (Lipinski definition) is 4. The Morgan fingerprint density at radius 1 is 0.627 bits per heavy atom. The Morgan fingerprint density at radius 2 is 1.04 bits per heavy atom. The average Bonchev–Trinajstić information content (AvgIpc) is 3.01. The average molecular weight is 754 g/mol. The van der Waals surface area contributed by atoms with Crippen molar-refractivity contribution in [1.29, 1.82) is 0 Å². The molecule has 0 rings (SSSR count). The lowest BCUT2D eigenvalue weighted by Crippen LogP contribution is -2.51. The van der Waals surface area contributed by atoms with Crippen LogP contribution in [0.1, 0.15) is 103 Å². The number of nitrogens with zero attached hydrogens (tertiary/aromatic N) is 4. The van der Waals surface area contributed by atoms with Crippen LogP contribution in [0.5, 0.6) is 0 Å². The summed E-state index contributed by atoms with van der Waals surface area (Å²) in [6.07, 6.45) is 18.2. The Balaban J connectivity index is 5.18. The first-order valence-corrected chi connectivity index (χ1v) is 20.9. The molecule has 51 heavy (non-hydrogen) atoms. The molecule has 0 aliphatic heterocycles. The number of aliphatic carboxylic acids is 3. The zero-order chi connectivity index (χ0) is 38.5. The van der Waals surface area contributed by atoms with E-state index in [9.17, 15) is 34.3 Å². The molecule has 0 radical (unpaired) electrons. The topological polar surface area (TPSA) is 177 Å². The van der Waals surface area contributed by atoms with Gasteiger partial charge in [-0.15, -0.1) is 0 Å². The third-order valence-electron chi connectivity index (χ3n) is 8.71. The summed E-state index contributed by atoms with van der Waals surface area (Å²) in [7, 11) is 5.75. The van der Waals surface area contributed by atoms with Crippen LogP contribution in [-0.2, 0) is 28.0 Å². The number of hydrogen-bond acceptors (Lipinski definition) is 10. The molecule has 0 fully saturated rings. The Bertz CT molecular complexity index is 951. The smallest absolute Gasteiger partial charge is 0.332 e. The Morgan fingerprint density at radius 3 is 1.43 bits per heavy atom. The minimum Gasteiger partial charge on any atom is -0.480 e. The van der Waals surface area contributed by atoms with E-state index in [1.54, 1.807) is 4.90 Å². The highest BCUT2D eigenvalue weighted by Crippen LogP contribution is 2.49. The van der Waals surface area contributed by atoms with Gasteiger partial charge in [0.2, 0.25) is 0 Å². The molecular formula is C36H74N4O10P+. The maximum atomic E-state index is 14.3. The van der Waals surface area contributed by atoms with Gasteiger partial charge in [0.1, 0.15) is 13.2 Å². The molecule has 0 aromatic carbocycles. The van der Waals surface area contributed by atoms with Gasteiger partial charge >= 0.3 is 25.5 Å². The van der Waals surface area contributed by atoms with Gasteiger partial charge < -0.3 is 38.9 Å². The molecule has 0 aliphatic carbocycles. The molecule has 4 N–H and O–H groups in total. The maximum Gasteiger partial charge on any atom is 0.332 e. The van der Waals surface area contributed by atoms with E-state index in [-0.39, 0.29) is 32.5 Å². The molecule has 0 spiro atoms. The van der Waals surface area contributed by atoms with E-state index in [4.69, 9.17) is 14.2 Å². The van der Waals surface area contributed by atoms with Gasteiger partial charge in [0.05, 0.1) is 53.5 Å². The van der Waals surface area contributed by atoms with Gasteiger partial charge in [-0.1, -0.05) is 89.9 Å². The highest BCUT2D eigenvalue weighted by atomic mass is 31.2. The van der Waals surface area contributed by atoms with Crippen LogP contribution in [0.3, 0.4) is 0 Å². The van der Waals surface area contributed by atoms with Gasteiger partial charge in [0.15, 0.2) is 0 Å². The largest absolute Gasteiger partial charge is 0.480 e. The minimum atomic E-state index is -3.85. The Hall–Kier alpha value is -1.64. The van der Waals surface area contributed by atoms with Crippen molar-refractivity contribution >= 4 is 25.5 Å². The molecular weight excluding hydrogens is 679 g/mol. The van der Waals surface area contributed by atoms with Gasteiger partial charge in [-0.25, -0.2) is 0 Å². The molecule has 2 atom stereocenters. The summed E-state index contributed by atoms with van der Waals surface area (Å²) in [6, 6.07) is -0.920. The zero-order valence-electron chi connectivity index (χ0n) is 32.6. The molecule has 2 unspecified atom stereocenters. The summed E-state index contributed by atoms with van der Waals surface area (Å²) in [5.74, 6) is -3.58. The molecule has 0 saturated carbocycles. The molecule has 14 nitrogen and oxygen atoms in total. The summed E-state index contributed by atoms with van der Waals surface area (Å²) < 4.78 is 26.8. The number of carboxylic acid groups (broad SMARTS) is 3. The van der Waals surface area contributed by atoms with Gasteiger partial charge in [0.25, 0.3) is 0 Å². The van der Waals surface area contributed by atoms with Gasteiger partial charge in [-0.2, -0.15) is 0 Å². The quantitative estimate of drug-likeness (QED) is 0.0382. The molecule has 0 aromatic heterocycles. The summed E-state index contributed by atoms with van der Waals surface area (Å²) >= 11 is 0. The van der Waals surface area contributed by atoms with Crippen LogP contribution < -0.4 is 0 Å². The van der Waals surface area contributed by atoms with E-state index in [0.717, 1.165) is 32.1 Å². The molecule has 0 saturated heterocycles. The third kappa shape index (κ3) is 31.6. The summed E-state index contributed by atoms with van der Waals surface area (Å²) in [6.45, 7) is 0.352. The first-order chi connectivity index (χ1) is 24.1. The second-order valence-corrected chi connectivity index (χ2v) is 17.2. The molecule has 0 aliphatic rings. The summed E-state index contributed by atoms with van der Waals surface area (Å²) in [5, 5.41) is 37.6. The van der Waals surface area contributed by atoms with Crippen LogP contribution in [0.2, 0.25) is 0 Å². The maximum absolute atomic E-state index is 14.3. The number of rotatable bonds is 37. The van der Waals surface area contributed by atoms with Crippen molar-refractivity contribution in [2.45, 2.75) is 109 Å². The number of aliphatic hydroxyl groups is 1. The second kappa shape index (κ2) is 29.8. The predicted octanol–water partition coefficient (Wildman–Crippen LogP) is 4.94. The van der Waals surface area contributed by atoms with Crippen molar-refractivity contribution in [2.24, 2.45) is 0 Å². The van der Waals surface area contributed by atoms with Gasteiger partial charge in [0, 0.05) is 32.3 Å². The van der Waals surface area contributed by atoms with Crippen molar-refractivity contribution in [2.75, 3.05) is 107 Å². The normalized spacial score (nSPS) is 14.0. The lowest BCUT2D eigenvalue weighted by atomic mass is 10.0. The first kappa shape index (κ1) is 49.4. The highest BCUT2D eigenvalue weighted by molar-refractivity contribution is 7.53. The van der Waals surface area contributed by atoms with Crippen molar-refractivity contribution in [1.82, 2.24) is 14.7 Å². The van der Waals surface area contributed by atoms with Crippen LogP contribution in [0.25, 0.3) is 0 Å². The lowest BCUT2D eigenvalue weighted by molar-refractivity contribution is -0.870. The number of carboxylic acids is 3. The molecule has 0 heterocycles. The number of quaternary nitrogens is 1. The fourth-order valence-corrected chi connectivity index (χ4v) is 7.68. The minimum absolute atomic E-state index is 0.0289. The van der Waals surface area contributed by atoms with E-state index in [1.807, 2.05) is 40.1 Å². The molecule has 0 amide bonds. The predicted molar refractivity (Wildman–Crippen MR) is 201 cm³/mol. The van der Waals surface area contributed by atoms with E-state index < -0.39 is 44.6 Å². The summed E-state index contributed by atoms with van der Waals surface area (Å²) in [4.78, 5) is 40.0. The van der Waals surface area contributed by atoms with Crippen LogP contribution in [0, 0.1) is 0 Å². The van der Waals surface area contributed by atoms with E-state index in [0.29, 0.717) is 37.1 Å². The molecule has 0 bridgehead atoms. The molecule has 0 aromatic rings. The second-order valence-electron chi connectivity index (χ2n) is 15.1. The van der Waals surface area contributed by atoms with E-state index >= 15 is 0 Å². The zero-order valence-corrected chi connectivity index (χ0v) is 33.5. The standard InChI is InChI=1S/C36H73N4O10P/c1-37(2)22-23-38(29-34(42)43)28-33(39(30-35(44)45)31-36(46)47)32-51(48,50-27-24-40(3,4)5)49-26-21-19-17-15-13-11-9-7-6-8-10-12-14-16-18-20-25-41/h33,41H,6-32H2,1-5H3,(H2-,42,43,44,45,46,47)/p+1. The molecule has 15 heteroatoms. The van der Waals surface area contributed by atoms with Crippen LogP contribution in [0.4, 0.5) is 0 Å². The first-order valence-electron chi connectivity index (χ1n) is 19.1. The monoisotopic (exact) mass is 754 g/mol. The van der Waals surface area contributed by atoms with E-state index in [2.05, 4.69) is 0 Å². The lowest BCUT2D eigenvalue weighted by Gasteiger charge is -2.35. The number of unbranched alkanes of at least 4 members (excludes halogenated alkanes) is 15. The summed E-state index contributed by atoms with van der Waals surface area (Å²) in [5.41, 5.74) is 0. The van der Waals surface area contributed by atoms with Crippen molar-refractivity contribution < 1.29 is 52.9 Å².